The molecule has 2 saturated carbocycles. The molecule has 0 N–H and O–H groups in total. The van der Waals surface area contributed by atoms with Crippen LogP contribution in [-0.4, -0.2) is 22.8 Å². The summed E-state index contributed by atoms with van der Waals surface area (Å²) < 4.78 is 6.09. The fourth-order valence-corrected chi connectivity index (χ4v) is 4.41. The smallest absolute Gasteiger partial charge is 0.334 e. The maximum Gasteiger partial charge on any atom is 0.334 e. The second-order valence-corrected chi connectivity index (χ2v) is 10.5. The second kappa shape index (κ2) is 7.18. The minimum absolute atomic E-state index is 0.0444. The van der Waals surface area contributed by atoms with Gasteiger partial charge in [-0.2, -0.15) is 0 Å². The molecule has 0 saturated heterocycles. The van der Waals surface area contributed by atoms with Crippen LogP contribution in [0.3, 0.4) is 0 Å². The average molecular weight is 391 g/mol. The van der Waals surface area contributed by atoms with Crippen LogP contribution in [0.5, 0.6) is 0 Å². The Kier molecular flexibility index (Phi) is 5.89. The molecule has 0 spiro atoms. The van der Waals surface area contributed by atoms with Gasteiger partial charge in [-0.3, -0.25) is 0 Å². The van der Waals surface area contributed by atoms with Crippen molar-refractivity contribution >= 4 is 5.97 Å². The molecule has 4 heteroatoms. The highest BCUT2D eigenvalue weighted by molar-refractivity contribution is 5.87. The fraction of sp³-hybridized carbons (Fsp3) is 0.792. The molecule has 28 heavy (non-hydrogen) atoms. The molecule has 2 aliphatic carbocycles. The zero-order valence-corrected chi connectivity index (χ0v) is 19.2. The highest BCUT2D eigenvalue weighted by Crippen LogP contribution is 2.70. The fourth-order valence-electron chi connectivity index (χ4n) is 4.41. The van der Waals surface area contributed by atoms with Crippen molar-refractivity contribution in [1.29, 1.82) is 0 Å². The number of ether oxygens (including phenoxy) is 1. The van der Waals surface area contributed by atoms with Gasteiger partial charge in [0.1, 0.15) is 0 Å². The van der Waals surface area contributed by atoms with Gasteiger partial charge in [-0.1, -0.05) is 46.1 Å². The van der Waals surface area contributed by atoms with Crippen LogP contribution in [0, 0.1) is 28.6 Å². The van der Waals surface area contributed by atoms with Crippen LogP contribution >= 0.6 is 0 Å². The van der Waals surface area contributed by atoms with Gasteiger partial charge in [-0.25, -0.2) is 14.6 Å². The van der Waals surface area contributed by atoms with Crippen molar-refractivity contribution in [1.82, 2.24) is 0 Å². The van der Waals surface area contributed by atoms with Crippen LogP contribution in [0.15, 0.2) is 12.2 Å². The number of fused-ring (bicyclic) bond motifs is 2. The summed E-state index contributed by atoms with van der Waals surface area (Å²) in [6.45, 7) is 22.0. The van der Waals surface area contributed by atoms with Gasteiger partial charge < -0.3 is 4.74 Å². The monoisotopic (exact) mass is 390 g/mol. The van der Waals surface area contributed by atoms with Gasteiger partial charge in [0.15, 0.2) is 11.2 Å². The SMILES string of the molecule is C=C(C)C(=O)O[C@]1(C#CC(C)(C)OOC(C)(C)CC)C[C@H]2CC[C@@]1(C)C2(C)C. The van der Waals surface area contributed by atoms with E-state index in [1.54, 1.807) is 6.92 Å². The standard InChI is InChI=1S/C24H38O4/c1-11-20(4,5)27-28-21(6,7)14-15-24(26-19(25)17(2)3)16-18-12-13-23(24,10)22(18,8)9/h18H,2,11-13,16H2,1,3-10H3/t18-,23+,24-/m1/s1. The van der Waals surface area contributed by atoms with Crippen LogP contribution in [0.2, 0.25) is 0 Å². The summed E-state index contributed by atoms with van der Waals surface area (Å²) in [6, 6.07) is 0. The maximum absolute atomic E-state index is 12.5. The molecule has 2 bridgehead atoms. The molecule has 2 aliphatic rings. The Bertz CT molecular complexity index is 706. The Labute approximate surface area is 171 Å². The molecule has 0 aromatic carbocycles. The Balaban J connectivity index is 2.38. The Morgan fingerprint density at radius 3 is 2.21 bits per heavy atom. The van der Waals surface area contributed by atoms with E-state index >= 15 is 0 Å². The molecule has 0 aromatic heterocycles. The number of hydrogen-bond acceptors (Lipinski definition) is 4. The van der Waals surface area contributed by atoms with Crippen LogP contribution < -0.4 is 0 Å². The lowest BCUT2D eigenvalue weighted by atomic mass is 9.64. The molecule has 0 aromatic rings. The lowest BCUT2D eigenvalue weighted by molar-refractivity contribution is -0.388. The van der Waals surface area contributed by atoms with E-state index in [0.717, 1.165) is 25.7 Å². The molecule has 2 fully saturated rings. The zero-order chi connectivity index (χ0) is 21.6. The summed E-state index contributed by atoms with van der Waals surface area (Å²) in [4.78, 5) is 23.8. The molecule has 0 unspecified atom stereocenters. The average Bonchev–Trinajstić information content (AvgIpc) is 2.91. The Morgan fingerprint density at radius 2 is 1.79 bits per heavy atom. The zero-order valence-electron chi connectivity index (χ0n) is 19.2. The molecule has 0 heterocycles. The first-order valence-corrected chi connectivity index (χ1v) is 10.4. The first-order valence-electron chi connectivity index (χ1n) is 10.4. The molecular weight excluding hydrogens is 352 g/mol. The van der Waals surface area contributed by atoms with Crippen molar-refractivity contribution in [2.24, 2.45) is 16.7 Å². The number of esters is 1. The third-order valence-electron chi connectivity index (χ3n) is 7.37. The van der Waals surface area contributed by atoms with Crippen LogP contribution in [0.1, 0.15) is 88.0 Å². The predicted molar refractivity (Wildman–Crippen MR) is 111 cm³/mol. The minimum Gasteiger partial charge on any atom is -0.442 e. The van der Waals surface area contributed by atoms with E-state index in [-0.39, 0.29) is 22.4 Å². The van der Waals surface area contributed by atoms with E-state index in [1.807, 2.05) is 34.6 Å². The molecule has 158 valence electrons. The summed E-state index contributed by atoms with van der Waals surface area (Å²) in [5, 5.41) is 0. The van der Waals surface area contributed by atoms with E-state index in [2.05, 4.69) is 39.2 Å². The van der Waals surface area contributed by atoms with E-state index < -0.39 is 11.2 Å². The summed E-state index contributed by atoms with van der Waals surface area (Å²) in [5.74, 6) is 6.69. The van der Waals surface area contributed by atoms with Crippen LogP contribution in [0.25, 0.3) is 0 Å². The van der Waals surface area contributed by atoms with Gasteiger partial charge in [0.2, 0.25) is 0 Å². The first-order chi connectivity index (χ1) is 12.6. The van der Waals surface area contributed by atoms with Gasteiger partial charge in [0.25, 0.3) is 0 Å². The third-order valence-corrected chi connectivity index (χ3v) is 7.37. The summed E-state index contributed by atoms with van der Waals surface area (Å²) in [5.41, 5.74) is -1.82. The summed E-state index contributed by atoms with van der Waals surface area (Å²) in [7, 11) is 0. The van der Waals surface area contributed by atoms with Gasteiger partial charge in [-0.15, -0.1) is 0 Å². The number of rotatable bonds is 6. The first kappa shape index (κ1) is 23.0. The quantitative estimate of drug-likeness (QED) is 0.194. The Morgan fingerprint density at radius 1 is 1.18 bits per heavy atom. The van der Waals surface area contributed by atoms with Gasteiger partial charge in [0.05, 0.1) is 5.60 Å². The highest BCUT2D eigenvalue weighted by atomic mass is 17.2. The topological polar surface area (TPSA) is 44.8 Å². The minimum atomic E-state index is -0.837. The molecular formula is C24H38O4. The van der Waals surface area contributed by atoms with Crippen molar-refractivity contribution in [2.75, 3.05) is 0 Å². The lowest BCUT2D eigenvalue weighted by Crippen LogP contribution is -2.50. The van der Waals surface area contributed by atoms with Crippen molar-refractivity contribution in [3.05, 3.63) is 12.2 Å². The van der Waals surface area contributed by atoms with E-state index in [9.17, 15) is 4.79 Å². The number of hydrogen-bond donors (Lipinski definition) is 0. The van der Waals surface area contributed by atoms with Crippen LogP contribution in [0.4, 0.5) is 0 Å². The third kappa shape index (κ3) is 3.89. The summed E-state index contributed by atoms with van der Waals surface area (Å²) >= 11 is 0. The number of carbonyl (C=O) groups is 1. The Hall–Kier alpha value is -1.31. The van der Waals surface area contributed by atoms with Crippen molar-refractivity contribution in [3.8, 4) is 11.8 Å². The normalized spacial score (nSPS) is 31.2. The molecule has 0 amide bonds. The number of carbonyl (C=O) groups excluding carboxylic acids is 1. The van der Waals surface area contributed by atoms with Gasteiger partial charge in [-0.05, 0) is 65.2 Å². The van der Waals surface area contributed by atoms with E-state index in [0.29, 0.717) is 11.5 Å². The molecule has 4 nitrogen and oxygen atoms in total. The lowest BCUT2D eigenvalue weighted by Gasteiger charge is -2.44. The molecule has 2 rings (SSSR count). The highest BCUT2D eigenvalue weighted by Gasteiger charge is 2.70. The predicted octanol–water partition coefficient (Wildman–Crippen LogP) is 5.61. The van der Waals surface area contributed by atoms with Gasteiger partial charge in [0, 0.05) is 17.4 Å². The molecule has 0 aliphatic heterocycles. The van der Waals surface area contributed by atoms with Crippen molar-refractivity contribution in [3.63, 3.8) is 0 Å². The second-order valence-electron chi connectivity index (χ2n) is 10.5. The van der Waals surface area contributed by atoms with E-state index in [4.69, 9.17) is 14.5 Å². The largest absolute Gasteiger partial charge is 0.442 e. The molecule has 0 radical (unpaired) electrons. The van der Waals surface area contributed by atoms with Gasteiger partial charge >= 0.3 is 5.97 Å². The van der Waals surface area contributed by atoms with Crippen molar-refractivity contribution < 1.29 is 19.3 Å². The summed E-state index contributed by atoms with van der Waals surface area (Å²) in [6.07, 6.45) is 3.71. The maximum atomic E-state index is 12.5. The molecule has 3 atom stereocenters. The van der Waals surface area contributed by atoms with E-state index in [1.165, 1.54) is 0 Å². The van der Waals surface area contributed by atoms with Crippen molar-refractivity contribution in [2.45, 2.75) is 105 Å². The van der Waals surface area contributed by atoms with Crippen LogP contribution in [-0.2, 0) is 19.3 Å².